The quantitative estimate of drug-likeness (QED) is 0.561. The summed E-state index contributed by atoms with van der Waals surface area (Å²) in [5, 5.41) is 6.41. The molecule has 8 heteroatoms. The van der Waals surface area contributed by atoms with Crippen LogP contribution in [-0.2, 0) is 9.53 Å². The molecule has 1 aromatic carbocycles. The minimum absolute atomic E-state index is 0.0213. The molecule has 2 rings (SSSR count). The van der Waals surface area contributed by atoms with Crippen LogP contribution in [0.15, 0.2) is 35.0 Å². The number of carbonyl (C=O) groups is 3. The number of carbonyl (C=O) groups excluding carboxylic acids is 3. The van der Waals surface area contributed by atoms with E-state index in [0.717, 1.165) is 0 Å². The first kappa shape index (κ1) is 19.0. The Balaban J connectivity index is 1.73. The van der Waals surface area contributed by atoms with Gasteiger partial charge in [0.25, 0.3) is 5.91 Å². The molecular weight excluding hydrogens is 366 g/mol. The number of nitrogens with one attached hydrogen (secondary N) is 1. The van der Waals surface area contributed by atoms with Crippen molar-refractivity contribution >= 4 is 40.6 Å². The molecule has 0 spiro atoms. The first-order valence-electron chi connectivity index (χ1n) is 7.34. The van der Waals surface area contributed by atoms with Gasteiger partial charge < -0.3 is 14.8 Å². The summed E-state index contributed by atoms with van der Waals surface area (Å²) in [6.45, 7) is -0.254. The van der Waals surface area contributed by atoms with Crippen molar-refractivity contribution < 1.29 is 23.9 Å². The molecule has 0 radical (unpaired) electrons. The van der Waals surface area contributed by atoms with Crippen molar-refractivity contribution in [1.82, 2.24) is 5.32 Å². The predicted molar refractivity (Wildman–Crippen MR) is 94.6 cm³/mol. The fourth-order valence-corrected chi connectivity index (χ4v) is 2.81. The Labute approximate surface area is 153 Å². The molecule has 0 aliphatic carbocycles. The summed E-state index contributed by atoms with van der Waals surface area (Å²) in [5.41, 5.74) is 0.870. The fourth-order valence-electron chi connectivity index (χ4n) is 1.92. The first-order valence-corrected chi connectivity index (χ1v) is 8.66. The summed E-state index contributed by atoms with van der Waals surface area (Å²) in [6, 6.07) is 6.26. The maximum atomic E-state index is 12.0. The van der Waals surface area contributed by atoms with Crippen molar-refractivity contribution in [2.24, 2.45) is 0 Å². The number of halogens is 1. The largest absolute Gasteiger partial charge is 0.495 e. The lowest BCUT2D eigenvalue weighted by molar-refractivity contribution is -0.142. The number of esters is 1. The zero-order valence-corrected chi connectivity index (χ0v) is 15.0. The second-order valence-electron chi connectivity index (χ2n) is 4.95. The molecule has 132 valence electrons. The highest BCUT2D eigenvalue weighted by molar-refractivity contribution is 7.08. The van der Waals surface area contributed by atoms with Gasteiger partial charge >= 0.3 is 5.97 Å². The molecular formula is C17H16ClNO5S. The molecule has 0 aliphatic heterocycles. The molecule has 0 saturated carbocycles. The summed E-state index contributed by atoms with van der Waals surface area (Å²) >= 11 is 7.37. The topological polar surface area (TPSA) is 81.7 Å². The molecule has 25 heavy (non-hydrogen) atoms. The number of rotatable bonds is 8. The maximum absolute atomic E-state index is 12.0. The molecule has 0 fully saturated rings. The summed E-state index contributed by atoms with van der Waals surface area (Å²) in [6.07, 6.45) is -0.0213. The van der Waals surface area contributed by atoms with Gasteiger partial charge in [0.2, 0.25) is 0 Å². The van der Waals surface area contributed by atoms with Crippen LogP contribution >= 0.6 is 22.9 Å². The number of ether oxygens (including phenoxy) is 2. The van der Waals surface area contributed by atoms with Crippen LogP contribution in [0.4, 0.5) is 0 Å². The zero-order valence-electron chi connectivity index (χ0n) is 13.4. The predicted octanol–water partition coefficient (Wildman–Crippen LogP) is 2.96. The number of hydrogen-bond donors (Lipinski definition) is 1. The van der Waals surface area contributed by atoms with E-state index in [2.05, 4.69) is 5.32 Å². The highest BCUT2D eigenvalue weighted by atomic mass is 35.5. The zero-order chi connectivity index (χ0) is 18.2. The first-order chi connectivity index (χ1) is 12.0. The van der Waals surface area contributed by atoms with E-state index in [1.807, 2.05) is 0 Å². The molecule has 0 aliphatic rings. The van der Waals surface area contributed by atoms with Gasteiger partial charge in [-0.1, -0.05) is 11.6 Å². The Morgan fingerprint density at radius 2 is 2.00 bits per heavy atom. The minimum atomic E-state index is -0.571. The summed E-state index contributed by atoms with van der Waals surface area (Å²) < 4.78 is 9.92. The Morgan fingerprint density at radius 3 is 2.64 bits per heavy atom. The number of methoxy groups -OCH3 is 1. The highest BCUT2D eigenvalue weighted by Gasteiger charge is 2.13. The van der Waals surface area contributed by atoms with E-state index >= 15 is 0 Å². The second-order valence-corrected chi connectivity index (χ2v) is 6.14. The van der Waals surface area contributed by atoms with Gasteiger partial charge in [0, 0.05) is 23.1 Å². The average molecular weight is 382 g/mol. The normalized spacial score (nSPS) is 10.2. The van der Waals surface area contributed by atoms with Gasteiger partial charge in [-0.2, -0.15) is 11.3 Å². The SMILES string of the molecule is COc1ccc(C(=O)COC(=O)CCNC(=O)c2ccsc2)cc1Cl. The van der Waals surface area contributed by atoms with Crippen LogP contribution < -0.4 is 10.1 Å². The Kier molecular flexibility index (Phi) is 6.97. The Hall–Kier alpha value is -2.38. The molecule has 0 atom stereocenters. The number of amides is 1. The van der Waals surface area contributed by atoms with Crippen LogP contribution in [0.3, 0.4) is 0 Å². The van der Waals surface area contributed by atoms with Crippen molar-refractivity contribution in [3.05, 3.63) is 51.2 Å². The third kappa shape index (κ3) is 5.58. The minimum Gasteiger partial charge on any atom is -0.495 e. The molecule has 6 nitrogen and oxygen atoms in total. The monoisotopic (exact) mass is 381 g/mol. The lowest BCUT2D eigenvalue weighted by Crippen LogP contribution is -2.26. The number of Topliss-reactive ketones (excluding diaryl/α,β-unsaturated/α-hetero) is 1. The van der Waals surface area contributed by atoms with E-state index in [4.69, 9.17) is 21.1 Å². The van der Waals surface area contributed by atoms with Gasteiger partial charge in [-0.25, -0.2) is 0 Å². The van der Waals surface area contributed by atoms with Gasteiger partial charge in [-0.3, -0.25) is 14.4 Å². The van der Waals surface area contributed by atoms with Crippen molar-refractivity contribution in [2.45, 2.75) is 6.42 Å². The average Bonchev–Trinajstić information content (AvgIpc) is 3.14. The van der Waals surface area contributed by atoms with Crippen molar-refractivity contribution in [3.8, 4) is 5.75 Å². The molecule has 2 aromatic rings. The van der Waals surface area contributed by atoms with Crippen molar-refractivity contribution in [1.29, 1.82) is 0 Å². The molecule has 1 heterocycles. The number of ketones is 1. The van der Waals surface area contributed by atoms with Gasteiger partial charge in [-0.15, -0.1) is 0 Å². The smallest absolute Gasteiger partial charge is 0.308 e. The van der Waals surface area contributed by atoms with E-state index < -0.39 is 5.97 Å². The van der Waals surface area contributed by atoms with Crippen LogP contribution in [0.25, 0.3) is 0 Å². The number of benzene rings is 1. The number of thiophene rings is 1. The number of hydrogen-bond acceptors (Lipinski definition) is 6. The summed E-state index contributed by atoms with van der Waals surface area (Å²) in [4.78, 5) is 35.3. The Morgan fingerprint density at radius 1 is 1.20 bits per heavy atom. The van der Waals surface area contributed by atoms with Crippen LogP contribution in [0.1, 0.15) is 27.1 Å². The molecule has 1 N–H and O–H groups in total. The van der Waals surface area contributed by atoms with Crippen LogP contribution in [-0.4, -0.2) is 37.9 Å². The van der Waals surface area contributed by atoms with Gasteiger partial charge in [-0.05, 0) is 29.6 Å². The van der Waals surface area contributed by atoms with Gasteiger partial charge in [0.05, 0.1) is 18.6 Å². The molecule has 0 saturated heterocycles. The molecule has 0 bridgehead atoms. The fraction of sp³-hybridized carbons (Fsp3) is 0.235. The lowest BCUT2D eigenvalue weighted by atomic mass is 10.1. The van der Waals surface area contributed by atoms with Gasteiger partial charge in [0.1, 0.15) is 5.75 Å². The highest BCUT2D eigenvalue weighted by Crippen LogP contribution is 2.25. The van der Waals surface area contributed by atoms with Gasteiger partial charge in [0.15, 0.2) is 12.4 Å². The molecule has 0 unspecified atom stereocenters. The Bertz CT molecular complexity index is 760. The van der Waals surface area contributed by atoms with E-state index in [1.54, 1.807) is 29.0 Å². The summed E-state index contributed by atoms with van der Waals surface area (Å²) in [7, 11) is 1.47. The standard InChI is InChI=1S/C17H16ClNO5S/c1-23-15-3-2-11(8-13(15)18)14(20)9-24-16(21)4-6-19-17(22)12-5-7-25-10-12/h2-3,5,7-8,10H,4,6,9H2,1H3,(H,19,22). The molecule has 1 amide bonds. The van der Waals surface area contributed by atoms with Crippen LogP contribution in [0, 0.1) is 0 Å². The maximum Gasteiger partial charge on any atom is 0.308 e. The second kappa shape index (κ2) is 9.19. The van der Waals surface area contributed by atoms with Crippen LogP contribution in [0.2, 0.25) is 5.02 Å². The van der Waals surface area contributed by atoms with Crippen LogP contribution in [0.5, 0.6) is 5.75 Å². The third-order valence-electron chi connectivity index (χ3n) is 3.24. The van der Waals surface area contributed by atoms with E-state index in [0.29, 0.717) is 21.9 Å². The summed E-state index contributed by atoms with van der Waals surface area (Å²) in [5.74, 6) is -0.742. The van der Waals surface area contributed by atoms with Crippen molar-refractivity contribution in [3.63, 3.8) is 0 Å². The molecule has 1 aromatic heterocycles. The lowest BCUT2D eigenvalue weighted by Gasteiger charge is -2.07. The van der Waals surface area contributed by atoms with E-state index in [1.165, 1.54) is 24.5 Å². The van der Waals surface area contributed by atoms with E-state index in [9.17, 15) is 14.4 Å². The van der Waals surface area contributed by atoms with Crippen molar-refractivity contribution in [2.75, 3.05) is 20.3 Å². The van der Waals surface area contributed by atoms with E-state index in [-0.39, 0.29) is 31.3 Å². The third-order valence-corrected chi connectivity index (χ3v) is 4.21.